The van der Waals surface area contributed by atoms with Crippen molar-refractivity contribution in [2.24, 2.45) is 5.92 Å². The van der Waals surface area contributed by atoms with Gasteiger partial charge in [0.2, 0.25) is 0 Å². The van der Waals surface area contributed by atoms with Gasteiger partial charge in [-0.1, -0.05) is 13.0 Å². The normalized spacial score (nSPS) is 16.2. The minimum atomic E-state index is 0.755. The third kappa shape index (κ3) is 3.58. The van der Waals surface area contributed by atoms with Gasteiger partial charge in [0.1, 0.15) is 17.0 Å². The van der Waals surface area contributed by atoms with E-state index in [9.17, 15) is 0 Å². The zero-order chi connectivity index (χ0) is 18.8. The van der Waals surface area contributed by atoms with Crippen LogP contribution in [0, 0.1) is 5.92 Å². The van der Waals surface area contributed by atoms with Crippen LogP contribution in [-0.2, 0) is 19.3 Å². The van der Waals surface area contributed by atoms with Gasteiger partial charge < -0.3 is 14.8 Å². The van der Waals surface area contributed by atoms with E-state index in [1.807, 2.05) is 23.5 Å². The van der Waals surface area contributed by atoms with Crippen molar-refractivity contribution in [3.05, 3.63) is 40.5 Å². The van der Waals surface area contributed by atoms with Crippen molar-refractivity contribution in [2.75, 3.05) is 26.1 Å². The summed E-state index contributed by atoms with van der Waals surface area (Å²) in [7, 11) is 3.32. The third-order valence-corrected chi connectivity index (χ3v) is 6.41. The van der Waals surface area contributed by atoms with E-state index in [1.165, 1.54) is 34.2 Å². The smallest absolute Gasteiger partial charge is 0.160 e. The molecule has 4 rings (SSSR count). The summed E-state index contributed by atoms with van der Waals surface area (Å²) in [6.45, 7) is 3.14. The van der Waals surface area contributed by atoms with Crippen molar-refractivity contribution in [1.82, 2.24) is 9.97 Å². The number of benzene rings is 1. The van der Waals surface area contributed by atoms with Crippen LogP contribution in [0.2, 0.25) is 0 Å². The Kier molecular flexibility index (Phi) is 5.16. The molecule has 1 N–H and O–H groups in total. The zero-order valence-electron chi connectivity index (χ0n) is 16.0. The molecule has 1 atom stereocenters. The molecule has 1 aromatic carbocycles. The molecule has 1 unspecified atom stereocenters. The van der Waals surface area contributed by atoms with Gasteiger partial charge in [-0.25, -0.2) is 9.97 Å². The lowest BCUT2D eigenvalue weighted by Crippen LogP contribution is -2.10. The van der Waals surface area contributed by atoms with Crippen molar-refractivity contribution in [3.63, 3.8) is 0 Å². The molecule has 1 aliphatic rings. The van der Waals surface area contributed by atoms with Gasteiger partial charge in [-0.3, -0.25) is 0 Å². The number of nitrogens with one attached hydrogen (secondary N) is 1. The minimum Gasteiger partial charge on any atom is -0.493 e. The summed E-state index contributed by atoms with van der Waals surface area (Å²) in [6.07, 6.45) is 6.11. The number of fused-ring (bicyclic) bond motifs is 3. The molecule has 0 fully saturated rings. The maximum atomic E-state index is 5.39. The Labute approximate surface area is 163 Å². The average Bonchev–Trinajstić information content (AvgIpc) is 3.06. The Balaban J connectivity index is 1.51. The van der Waals surface area contributed by atoms with E-state index >= 15 is 0 Å². The van der Waals surface area contributed by atoms with Crippen LogP contribution >= 0.6 is 11.3 Å². The number of ether oxygens (including phenoxy) is 2. The highest BCUT2D eigenvalue weighted by Crippen LogP contribution is 2.39. The van der Waals surface area contributed by atoms with Gasteiger partial charge in [0.15, 0.2) is 11.5 Å². The summed E-state index contributed by atoms with van der Waals surface area (Å²) in [4.78, 5) is 11.7. The largest absolute Gasteiger partial charge is 0.493 e. The molecule has 5 nitrogen and oxygen atoms in total. The molecule has 1 aliphatic carbocycles. The Bertz CT molecular complexity index is 954. The van der Waals surface area contributed by atoms with E-state index < -0.39 is 0 Å². The van der Waals surface area contributed by atoms with Gasteiger partial charge in [-0.05, 0) is 54.9 Å². The second-order valence-electron chi connectivity index (χ2n) is 7.12. The number of nitrogens with zero attached hydrogens (tertiary/aromatic N) is 2. The molecule has 0 saturated carbocycles. The van der Waals surface area contributed by atoms with Gasteiger partial charge in [0.05, 0.1) is 19.6 Å². The van der Waals surface area contributed by atoms with Gasteiger partial charge in [0, 0.05) is 11.4 Å². The molecule has 0 spiro atoms. The van der Waals surface area contributed by atoms with Crippen LogP contribution in [-0.4, -0.2) is 30.7 Å². The van der Waals surface area contributed by atoms with Crippen molar-refractivity contribution in [1.29, 1.82) is 0 Å². The Morgan fingerprint density at radius 3 is 2.85 bits per heavy atom. The molecule has 0 bridgehead atoms. The SMILES string of the molecule is COc1ccc(CCNc2ncnc3sc4c(c23)CCC(C)C4)cc1OC. The molecule has 2 aromatic heterocycles. The van der Waals surface area contributed by atoms with Crippen LogP contribution in [0.4, 0.5) is 5.82 Å². The van der Waals surface area contributed by atoms with Crippen LogP contribution in [0.1, 0.15) is 29.3 Å². The number of methoxy groups -OCH3 is 2. The third-order valence-electron chi connectivity index (χ3n) is 5.25. The zero-order valence-corrected chi connectivity index (χ0v) is 16.9. The summed E-state index contributed by atoms with van der Waals surface area (Å²) in [5.41, 5.74) is 2.66. The molecular formula is C21H25N3O2S. The lowest BCUT2D eigenvalue weighted by atomic mass is 9.89. The van der Waals surface area contributed by atoms with E-state index in [0.717, 1.165) is 47.5 Å². The first-order valence-corrected chi connectivity index (χ1v) is 10.2. The quantitative estimate of drug-likeness (QED) is 0.680. The van der Waals surface area contributed by atoms with Crippen LogP contribution in [0.15, 0.2) is 24.5 Å². The second kappa shape index (κ2) is 7.72. The van der Waals surface area contributed by atoms with Gasteiger partial charge in [0.25, 0.3) is 0 Å². The Morgan fingerprint density at radius 1 is 1.19 bits per heavy atom. The molecule has 2 heterocycles. The molecule has 142 valence electrons. The summed E-state index contributed by atoms with van der Waals surface area (Å²) in [5, 5.41) is 4.77. The summed E-state index contributed by atoms with van der Waals surface area (Å²) in [5.74, 6) is 3.25. The summed E-state index contributed by atoms with van der Waals surface area (Å²) < 4.78 is 10.7. The number of aryl methyl sites for hydroxylation is 1. The standard InChI is InChI=1S/C21H25N3O2S/c1-13-4-6-15-18(10-13)27-21-19(15)20(23-12-24-21)22-9-8-14-5-7-16(25-2)17(11-14)26-3/h5,7,11-13H,4,6,8-10H2,1-3H3,(H,22,23,24). The number of rotatable bonds is 6. The number of aromatic nitrogens is 2. The van der Waals surface area contributed by atoms with Crippen molar-refractivity contribution < 1.29 is 9.47 Å². The van der Waals surface area contributed by atoms with Gasteiger partial charge >= 0.3 is 0 Å². The molecular weight excluding hydrogens is 358 g/mol. The molecule has 3 aromatic rings. The fourth-order valence-corrected chi connectivity index (χ4v) is 5.12. The van der Waals surface area contributed by atoms with Crippen LogP contribution in [0.5, 0.6) is 11.5 Å². The van der Waals surface area contributed by atoms with Crippen molar-refractivity contribution in [3.8, 4) is 11.5 Å². The molecule has 0 saturated heterocycles. The molecule has 0 aliphatic heterocycles. The number of hydrogen-bond acceptors (Lipinski definition) is 6. The predicted octanol–water partition coefficient (Wildman–Crippen LogP) is 4.49. The van der Waals surface area contributed by atoms with Crippen LogP contribution in [0.3, 0.4) is 0 Å². The first-order chi connectivity index (χ1) is 13.2. The maximum absolute atomic E-state index is 5.39. The monoisotopic (exact) mass is 383 g/mol. The lowest BCUT2D eigenvalue weighted by molar-refractivity contribution is 0.354. The van der Waals surface area contributed by atoms with Crippen molar-refractivity contribution in [2.45, 2.75) is 32.6 Å². The predicted molar refractivity (Wildman–Crippen MR) is 110 cm³/mol. The van der Waals surface area contributed by atoms with E-state index in [1.54, 1.807) is 20.5 Å². The molecule has 27 heavy (non-hydrogen) atoms. The van der Waals surface area contributed by atoms with E-state index in [0.29, 0.717) is 0 Å². The maximum Gasteiger partial charge on any atom is 0.160 e. The first-order valence-electron chi connectivity index (χ1n) is 9.39. The second-order valence-corrected chi connectivity index (χ2v) is 8.20. The van der Waals surface area contributed by atoms with Gasteiger partial charge in [-0.15, -0.1) is 11.3 Å². The van der Waals surface area contributed by atoms with E-state index in [4.69, 9.17) is 9.47 Å². The van der Waals surface area contributed by atoms with Crippen molar-refractivity contribution >= 4 is 27.4 Å². The lowest BCUT2D eigenvalue weighted by Gasteiger charge is -2.18. The van der Waals surface area contributed by atoms with Gasteiger partial charge in [-0.2, -0.15) is 0 Å². The van der Waals surface area contributed by atoms with Crippen LogP contribution in [0.25, 0.3) is 10.2 Å². The summed E-state index contributed by atoms with van der Waals surface area (Å²) >= 11 is 1.83. The Morgan fingerprint density at radius 2 is 2.04 bits per heavy atom. The van der Waals surface area contributed by atoms with Crippen LogP contribution < -0.4 is 14.8 Å². The topological polar surface area (TPSA) is 56.3 Å². The van der Waals surface area contributed by atoms with E-state index in [2.05, 4.69) is 28.3 Å². The number of anilines is 1. The average molecular weight is 384 g/mol. The van der Waals surface area contributed by atoms with E-state index in [-0.39, 0.29) is 0 Å². The number of thiophene rings is 1. The minimum absolute atomic E-state index is 0.755. The summed E-state index contributed by atoms with van der Waals surface area (Å²) in [6, 6.07) is 6.06. The molecule has 0 radical (unpaired) electrons. The fourth-order valence-electron chi connectivity index (χ4n) is 3.77. The highest BCUT2D eigenvalue weighted by atomic mass is 32.1. The molecule has 0 amide bonds. The highest BCUT2D eigenvalue weighted by Gasteiger charge is 2.22. The fraction of sp³-hybridized carbons (Fsp3) is 0.429. The first kappa shape index (κ1) is 18.0. The Hall–Kier alpha value is -2.34. The number of hydrogen-bond donors (Lipinski definition) is 1. The molecule has 6 heteroatoms. The highest BCUT2D eigenvalue weighted by molar-refractivity contribution is 7.19.